The first-order chi connectivity index (χ1) is 14.5. The third kappa shape index (κ3) is 4.77. The predicted molar refractivity (Wildman–Crippen MR) is 113 cm³/mol. The van der Waals surface area contributed by atoms with Crippen LogP contribution in [0.25, 0.3) is 0 Å². The van der Waals surface area contributed by atoms with Crippen LogP contribution in [-0.4, -0.2) is 36.2 Å². The van der Waals surface area contributed by atoms with Gasteiger partial charge in [-0.15, -0.1) is 0 Å². The summed E-state index contributed by atoms with van der Waals surface area (Å²) < 4.78 is 10.8. The van der Waals surface area contributed by atoms with Crippen LogP contribution < -0.4 is 4.74 Å². The summed E-state index contributed by atoms with van der Waals surface area (Å²) in [4.78, 5) is 22.7. The molecule has 3 aliphatic carbocycles. The molecule has 0 amide bonds. The molecular formula is C25H32O5. The van der Waals surface area contributed by atoms with Gasteiger partial charge in [-0.25, -0.2) is 0 Å². The number of ketones is 1. The van der Waals surface area contributed by atoms with Gasteiger partial charge in [0.05, 0.1) is 6.42 Å². The fraction of sp³-hybridized carbons (Fsp3) is 0.600. The molecule has 5 unspecified atom stereocenters. The number of fused-ring (bicyclic) bond motifs is 5. The highest BCUT2D eigenvalue weighted by Crippen LogP contribution is 2.61. The smallest absolute Gasteiger partial charge is 0.306 e. The molecule has 0 saturated heterocycles. The summed E-state index contributed by atoms with van der Waals surface area (Å²) >= 11 is 0. The van der Waals surface area contributed by atoms with Crippen molar-refractivity contribution in [2.45, 2.75) is 57.0 Å². The summed E-state index contributed by atoms with van der Waals surface area (Å²) in [6.45, 7) is 3.28. The van der Waals surface area contributed by atoms with Crippen LogP contribution in [0.3, 0.4) is 0 Å². The maximum Gasteiger partial charge on any atom is 0.306 e. The Labute approximate surface area is 178 Å². The summed E-state index contributed by atoms with van der Waals surface area (Å²) in [5, 5.41) is 10.1. The van der Waals surface area contributed by atoms with E-state index in [1.807, 2.05) is 12.1 Å². The van der Waals surface area contributed by atoms with E-state index in [4.69, 9.17) is 9.47 Å². The highest BCUT2D eigenvalue weighted by atomic mass is 16.5. The van der Waals surface area contributed by atoms with Crippen molar-refractivity contribution in [3.05, 3.63) is 42.5 Å². The number of hydrogen-bond donors (Lipinski definition) is 1. The first-order valence-corrected chi connectivity index (χ1v) is 11.2. The standard InChI is InChI=1S/C25H32O5/c1-2-20(26)8-9-25(28)30-15-21(27)14-29-22-5-3-4-16(11-22)19-12-23-17-6-7-18(10-17)24(23)13-19/h2-5,11,17-19,21,23-24,27H,1,6-10,12-15H2. The Kier molecular flexibility index (Phi) is 6.57. The minimum absolute atomic E-state index is 0.00837. The van der Waals surface area contributed by atoms with Crippen LogP contribution >= 0.6 is 0 Å². The lowest BCUT2D eigenvalue weighted by molar-refractivity contribution is -0.147. The van der Waals surface area contributed by atoms with Crippen LogP contribution in [0.15, 0.2) is 36.9 Å². The van der Waals surface area contributed by atoms with Crippen molar-refractivity contribution in [1.29, 1.82) is 0 Å². The van der Waals surface area contributed by atoms with Gasteiger partial charge in [-0.3, -0.25) is 9.59 Å². The largest absolute Gasteiger partial charge is 0.491 e. The quantitative estimate of drug-likeness (QED) is 0.464. The molecule has 30 heavy (non-hydrogen) atoms. The zero-order chi connectivity index (χ0) is 21.1. The summed E-state index contributed by atoms with van der Waals surface area (Å²) in [6.07, 6.45) is 7.31. The second kappa shape index (κ2) is 9.34. The van der Waals surface area contributed by atoms with E-state index in [0.717, 1.165) is 29.4 Å². The lowest BCUT2D eigenvalue weighted by Gasteiger charge is -2.23. The van der Waals surface area contributed by atoms with Gasteiger partial charge in [0.25, 0.3) is 0 Å². The van der Waals surface area contributed by atoms with Crippen molar-refractivity contribution < 1.29 is 24.2 Å². The molecule has 0 radical (unpaired) electrons. The topological polar surface area (TPSA) is 72.8 Å². The molecule has 5 atom stereocenters. The van der Waals surface area contributed by atoms with Crippen molar-refractivity contribution in [1.82, 2.24) is 0 Å². The molecule has 162 valence electrons. The molecule has 0 spiro atoms. The van der Waals surface area contributed by atoms with E-state index < -0.39 is 12.1 Å². The van der Waals surface area contributed by atoms with Crippen molar-refractivity contribution in [2.75, 3.05) is 13.2 Å². The molecule has 5 heteroatoms. The van der Waals surface area contributed by atoms with Gasteiger partial charge in [0.2, 0.25) is 0 Å². The highest BCUT2D eigenvalue weighted by molar-refractivity contribution is 5.91. The number of carbonyl (C=O) groups is 2. The number of ether oxygens (including phenoxy) is 2. The number of carbonyl (C=O) groups excluding carboxylic acids is 2. The maximum atomic E-state index is 11.6. The molecule has 3 fully saturated rings. The van der Waals surface area contributed by atoms with Gasteiger partial charge in [-0.1, -0.05) is 18.7 Å². The Morgan fingerprint density at radius 1 is 1.10 bits per heavy atom. The molecule has 3 aliphatic rings. The number of allylic oxidation sites excluding steroid dienone is 1. The summed E-state index contributed by atoms with van der Waals surface area (Å²) in [5.41, 5.74) is 1.34. The SMILES string of the molecule is C=CC(=O)CCC(=O)OCC(O)COc1cccc(C2CC3C4CCC(C4)C3C2)c1. The van der Waals surface area contributed by atoms with Gasteiger partial charge in [-0.05, 0) is 85.5 Å². The van der Waals surface area contributed by atoms with Gasteiger partial charge in [-0.2, -0.15) is 0 Å². The van der Waals surface area contributed by atoms with Gasteiger partial charge in [0.1, 0.15) is 25.1 Å². The zero-order valence-corrected chi connectivity index (χ0v) is 17.5. The first kappa shape index (κ1) is 21.1. The monoisotopic (exact) mass is 412 g/mol. The number of hydrogen-bond acceptors (Lipinski definition) is 5. The van der Waals surface area contributed by atoms with Crippen molar-refractivity contribution in [3.63, 3.8) is 0 Å². The molecule has 0 aromatic heterocycles. The fourth-order valence-corrected chi connectivity index (χ4v) is 5.98. The average molecular weight is 413 g/mol. The molecule has 0 aliphatic heterocycles. The zero-order valence-electron chi connectivity index (χ0n) is 17.5. The highest BCUT2D eigenvalue weighted by Gasteiger charge is 2.51. The summed E-state index contributed by atoms with van der Waals surface area (Å²) in [6, 6.07) is 8.23. The molecule has 0 heterocycles. The Morgan fingerprint density at radius 2 is 1.83 bits per heavy atom. The molecule has 1 N–H and O–H groups in total. The number of esters is 1. The van der Waals surface area contributed by atoms with E-state index in [2.05, 4.69) is 18.7 Å². The van der Waals surface area contributed by atoms with Crippen molar-refractivity contribution in [2.24, 2.45) is 23.7 Å². The fourth-order valence-electron chi connectivity index (χ4n) is 5.98. The molecule has 3 saturated carbocycles. The van der Waals surface area contributed by atoms with Crippen LogP contribution in [0.4, 0.5) is 0 Å². The van der Waals surface area contributed by atoms with E-state index in [1.165, 1.54) is 43.7 Å². The van der Waals surface area contributed by atoms with Gasteiger partial charge in [0, 0.05) is 6.42 Å². The Hall–Kier alpha value is -2.14. The minimum Gasteiger partial charge on any atom is -0.491 e. The van der Waals surface area contributed by atoms with Crippen molar-refractivity contribution in [3.8, 4) is 5.75 Å². The third-order valence-electron chi connectivity index (χ3n) is 7.40. The van der Waals surface area contributed by atoms with E-state index >= 15 is 0 Å². The van der Waals surface area contributed by atoms with E-state index in [9.17, 15) is 14.7 Å². The van der Waals surface area contributed by atoms with E-state index in [-0.39, 0.29) is 31.8 Å². The normalized spacial score (nSPS) is 30.0. The first-order valence-electron chi connectivity index (χ1n) is 11.2. The molecule has 1 aromatic rings. The predicted octanol–water partition coefficient (Wildman–Crippen LogP) is 4.04. The third-order valence-corrected chi connectivity index (χ3v) is 7.40. The second-order valence-corrected chi connectivity index (χ2v) is 9.22. The van der Waals surface area contributed by atoms with E-state index in [1.54, 1.807) is 0 Å². The number of aliphatic hydroxyl groups excluding tert-OH is 1. The average Bonchev–Trinajstić information content (AvgIpc) is 3.48. The second-order valence-electron chi connectivity index (χ2n) is 9.22. The lowest BCUT2D eigenvalue weighted by atomic mass is 9.82. The molecule has 5 nitrogen and oxygen atoms in total. The molecular weight excluding hydrogens is 380 g/mol. The Bertz CT molecular complexity index is 769. The van der Waals surface area contributed by atoms with Crippen LogP contribution in [0.1, 0.15) is 56.4 Å². The van der Waals surface area contributed by atoms with Gasteiger partial charge < -0.3 is 14.6 Å². The Morgan fingerprint density at radius 3 is 2.53 bits per heavy atom. The van der Waals surface area contributed by atoms with Crippen LogP contribution in [0.5, 0.6) is 5.75 Å². The van der Waals surface area contributed by atoms with E-state index in [0.29, 0.717) is 5.92 Å². The number of rotatable bonds is 10. The van der Waals surface area contributed by atoms with Crippen LogP contribution in [0, 0.1) is 23.7 Å². The Balaban J connectivity index is 1.22. The minimum atomic E-state index is -0.908. The number of benzene rings is 1. The summed E-state index contributed by atoms with van der Waals surface area (Å²) in [7, 11) is 0. The van der Waals surface area contributed by atoms with Crippen LogP contribution in [-0.2, 0) is 14.3 Å². The van der Waals surface area contributed by atoms with Crippen LogP contribution in [0.2, 0.25) is 0 Å². The molecule has 2 bridgehead atoms. The summed E-state index contributed by atoms with van der Waals surface area (Å²) in [5.74, 6) is 4.45. The number of aliphatic hydroxyl groups is 1. The lowest BCUT2D eigenvalue weighted by Crippen LogP contribution is -2.25. The molecule has 1 aromatic carbocycles. The molecule has 4 rings (SSSR count). The maximum absolute atomic E-state index is 11.6. The van der Waals surface area contributed by atoms with Gasteiger partial charge >= 0.3 is 5.97 Å². The van der Waals surface area contributed by atoms with Gasteiger partial charge in [0.15, 0.2) is 5.78 Å². The van der Waals surface area contributed by atoms with Crippen molar-refractivity contribution >= 4 is 11.8 Å².